The van der Waals surface area contributed by atoms with Crippen molar-refractivity contribution in [3.05, 3.63) is 23.4 Å². The molecular formula is C13H17N3. The number of aromatic nitrogens is 1. The minimum absolute atomic E-state index is 0.537. The predicted octanol–water partition coefficient (Wildman–Crippen LogP) is 2.64. The van der Waals surface area contributed by atoms with Gasteiger partial charge in [0.25, 0.3) is 0 Å². The maximum atomic E-state index is 8.95. The fourth-order valence-corrected chi connectivity index (χ4v) is 2.30. The molecule has 1 unspecified atom stereocenters. The van der Waals surface area contributed by atoms with Crippen LogP contribution in [0.1, 0.15) is 37.4 Å². The summed E-state index contributed by atoms with van der Waals surface area (Å²) in [5.74, 6) is 0.962. The van der Waals surface area contributed by atoms with Crippen LogP contribution in [0.15, 0.2) is 12.1 Å². The van der Waals surface area contributed by atoms with Gasteiger partial charge < -0.3 is 4.90 Å². The highest BCUT2D eigenvalue weighted by Crippen LogP contribution is 2.23. The number of rotatable bonds is 1. The molecule has 1 aromatic heterocycles. The molecule has 0 radical (unpaired) electrons. The van der Waals surface area contributed by atoms with E-state index in [1.165, 1.54) is 19.3 Å². The lowest BCUT2D eigenvalue weighted by atomic mass is 10.0. The molecule has 3 nitrogen and oxygen atoms in total. The lowest BCUT2D eigenvalue weighted by Crippen LogP contribution is -2.38. The van der Waals surface area contributed by atoms with E-state index in [2.05, 4.69) is 22.9 Å². The van der Waals surface area contributed by atoms with E-state index in [-0.39, 0.29) is 0 Å². The zero-order valence-corrected chi connectivity index (χ0v) is 9.90. The Morgan fingerprint density at radius 1 is 1.44 bits per heavy atom. The largest absolute Gasteiger partial charge is 0.354 e. The molecule has 1 fully saturated rings. The van der Waals surface area contributed by atoms with Gasteiger partial charge in [-0.25, -0.2) is 4.98 Å². The van der Waals surface area contributed by atoms with Crippen molar-refractivity contribution in [2.24, 2.45) is 0 Å². The van der Waals surface area contributed by atoms with Gasteiger partial charge in [-0.2, -0.15) is 5.26 Å². The summed E-state index contributed by atoms with van der Waals surface area (Å²) in [6.45, 7) is 5.23. The van der Waals surface area contributed by atoms with Crippen molar-refractivity contribution in [3.63, 3.8) is 0 Å². The Labute approximate surface area is 96.7 Å². The lowest BCUT2D eigenvalue weighted by Gasteiger charge is -2.34. The van der Waals surface area contributed by atoms with E-state index in [1.807, 2.05) is 19.1 Å². The Hall–Kier alpha value is -1.56. The molecule has 0 spiro atoms. The number of nitriles is 1. The Balaban J connectivity index is 2.32. The van der Waals surface area contributed by atoms with Gasteiger partial charge in [-0.15, -0.1) is 0 Å². The number of anilines is 1. The first-order valence-electron chi connectivity index (χ1n) is 5.86. The summed E-state index contributed by atoms with van der Waals surface area (Å²) in [6.07, 6.45) is 3.74. The monoisotopic (exact) mass is 215 g/mol. The molecule has 0 aliphatic carbocycles. The maximum Gasteiger partial charge on any atom is 0.130 e. The molecule has 2 rings (SSSR count). The van der Waals surface area contributed by atoms with Gasteiger partial charge in [0, 0.05) is 18.3 Å². The summed E-state index contributed by atoms with van der Waals surface area (Å²) < 4.78 is 0. The molecule has 1 aromatic rings. The Morgan fingerprint density at radius 2 is 2.25 bits per heavy atom. The van der Waals surface area contributed by atoms with E-state index in [1.54, 1.807) is 0 Å². The second-order valence-corrected chi connectivity index (χ2v) is 4.51. The van der Waals surface area contributed by atoms with Crippen molar-refractivity contribution in [1.29, 1.82) is 5.26 Å². The van der Waals surface area contributed by atoms with Gasteiger partial charge in [0.05, 0.1) is 11.6 Å². The first-order chi connectivity index (χ1) is 7.70. The normalized spacial score (nSPS) is 20.6. The summed E-state index contributed by atoms with van der Waals surface area (Å²) >= 11 is 0. The smallest absolute Gasteiger partial charge is 0.130 e. The van der Waals surface area contributed by atoms with Crippen molar-refractivity contribution in [3.8, 4) is 6.07 Å². The van der Waals surface area contributed by atoms with Crippen LogP contribution in [0.5, 0.6) is 0 Å². The highest BCUT2D eigenvalue weighted by Gasteiger charge is 2.19. The summed E-state index contributed by atoms with van der Waals surface area (Å²) in [7, 11) is 0. The molecule has 2 heterocycles. The summed E-state index contributed by atoms with van der Waals surface area (Å²) in [5.41, 5.74) is 1.63. The minimum Gasteiger partial charge on any atom is -0.354 e. The maximum absolute atomic E-state index is 8.95. The van der Waals surface area contributed by atoms with Gasteiger partial charge in [-0.3, -0.25) is 0 Å². The van der Waals surface area contributed by atoms with Crippen molar-refractivity contribution in [2.45, 2.75) is 39.2 Å². The van der Waals surface area contributed by atoms with Crippen LogP contribution in [0.3, 0.4) is 0 Å². The molecular weight excluding hydrogens is 198 g/mol. The number of nitrogens with zero attached hydrogens (tertiary/aromatic N) is 3. The van der Waals surface area contributed by atoms with Crippen LogP contribution in [0.2, 0.25) is 0 Å². The third kappa shape index (κ3) is 2.16. The molecule has 16 heavy (non-hydrogen) atoms. The third-order valence-electron chi connectivity index (χ3n) is 3.17. The van der Waals surface area contributed by atoms with Gasteiger partial charge in [0.2, 0.25) is 0 Å². The summed E-state index contributed by atoms with van der Waals surface area (Å²) in [6, 6.07) is 6.46. The second kappa shape index (κ2) is 4.52. The van der Waals surface area contributed by atoms with Crippen LogP contribution in [0, 0.1) is 18.3 Å². The van der Waals surface area contributed by atoms with Gasteiger partial charge in [-0.1, -0.05) is 0 Å². The Morgan fingerprint density at radius 3 is 2.94 bits per heavy atom. The van der Waals surface area contributed by atoms with Crippen LogP contribution in [0.4, 0.5) is 5.82 Å². The quantitative estimate of drug-likeness (QED) is 0.723. The Kier molecular flexibility index (Phi) is 3.09. The first-order valence-corrected chi connectivity index (χ1v) is 5.86. The SMILES string of the molecule is Cc1cc(C#N)cc(N2CCCCC2C)n1. The average molecular weight is 215 g/mol. The third-order valence-corrected chi connectivity index (χ3v) is 3.17. The topological polar surface area (TPSA) is 39.9 Å². The number of pyridine rings is 1. The zero-order valence-electron chi connectivity index (χ0n) is 9.90. The van der Waals surface area contributed by atoms with E-state index in [4.69, 9.17) is 5.26 Å². The fraction of sp³-hybridized carbons (Fsp3) is 0.538. The highest BCUT2D eigenvalue weighted by molar-refractivity contribution is 5.47. The molecule has 0 saturated carbocycles. The van der Waals surface area contributed by atoms with Crippen LogP contribution < -0.4 is 4.90 Å². The molecule has 1 atom stereocenters. The van der Waals surface area contributed by atoms with E-state index in [9.17, 15) is 0 Å². The van der Waals surface area contributed by atoms with Crippen LogP contribution in [0.25, 0.3) is 0 Å². The molecule has 84 valence electrons. The van der Waals surface area contributed by atoms with Crippen LogP contribution in [-0.2, 0) is 0 Å². The number of piperidine rings is 1. The molecule has 0 bridgehead atoms. The van der Waals surface area contributed by atoms with E-state index in [0.717, 1.165) is 18.1 Å². The van der Waals surface area contributed by atoms with Gasteiger partial charge in [-0.05, 0) is 45.2 Å². The number of aryl methyl sites for hydroxylation is 1. The molecule has 1 aliphatic heterocycles. The number of hydrogen-bond acceptors (Lipinski definition) is 3. The average Bonchev–Trinajstić information content (AvgIpc) is 2.28. The van der Waals surface area contributed by atoms with Crippen molar-refractivity contribution >= 4 is 5.82 Å². The Bertz CT molecular complexity index is 420. The summed E-state index contributed by atoms with van der Waals surface area (Å²) in [4.78, 5) is 6.85. The van der Waals surface area contributed by atoms with E-state index in [0.29, 0.717) is 11.6 Å². The highest BCUT2D eigenvalue weighted by atomic mass is 15.2. The molecule has 0 aromatic carbocycles. The van der Waals surface area contributed by atoms with Crippen molar-refractivity contribution < 1.29 is 0 Å². The minimum atomic E-state index is 0.537. The van der Waals surface area contributed by atoms with Gasteiger partial charge in [0.1, 0.15) is 5.82 Å². The summed E-state index contributed by atoms with van der Waals surface area (Å²) in [5, 5.41) is 8.95. The van der Waals surface area contributed by atoms with Crippen molar-refractivity contribution in [1.82, 2.24) is 4.98 Å². The van der Waals surface area contributed by atoms with E-state index >= 15 is 0 Å². The van der Waals surface area contributed by atoms with Crippen LogP contribution >= 0.6 is 0 Å². The first kappa shape index (κ1) is 10.9. The number of hydrogen-bond donors (Lipinski definition) is 0. The molecule has 1 aliphatic rings. The zero-order chi connectivity index (χ0) is 11.5. The lowest BCUT2D eigenvalue weighted by molar-refractivity contribution is 0.481. The van der Waals surface area contributed by atoms with Gasteiger partial charge in [0.15, 0.2) is 0 Å². The standard InChI is InChI=1S/C13H17N3/c1-10-7-12(9-14)8-13(15-10)16-6-4-3-5-11(16)2/h7-8,11H,3-6H2,1-2H3. The fourth-order valence-electron chi connectivity index (χ4n) is 2.30. The predicted molar refractivity (Wildman–Crippen MR) is 64.3 cm³/mol. The van der Waals surface area contributed by atoms with E-state index < -0.39 is 0 Å². The molecule has 0 amide bonds. The molecule has 1 saturated heterocycles. The second-order valence-electron chi connectivity index (χ2n) is 4.51. The molecule has 0 N–H and O–H groups in total. The molecule has 3 heteroatoms. The van der Waals surface area contributed by atoms with Gasteiger partial charge >= 0.3 is 0 Å². The van der Waals surface area contributed by atoms with Crippen molar-refractivity contribution in [2.75, 3.05) is 11.4 Å². The van der Waals surface area contributed by atoms with Crippen LogP contribution in [-0.4, -0.2) is 17.6 Å².